The van der Waals surface area contributed by atoms with Gasteiger partial charge in [0.25, 0.3) is 0 Å². The second-order valence-electron chi connectivity index (χ2n) is 5.18. The molecular weight excluding hydrogens is 254 g/mol. The van der Waals surface area contributed by atoms with E-state index in [1.807, 2.05) is 30.5 Å². The van der Waals surface area contributed by atoms with Crippen LogP contribution in [0.5, 0.6) is 0 Å². The Morgan fingerprint density at radius 3 is 3.05 bits per heavy atom. The molecule has 1 unspecified atom stereocenters. The highest BCUT2D eigenvalue weighted by molar-refractivity contribution is 6.08. The van der Waals surface area contributed by atoms with Gasteiger partial charge in [0, 0.05) is 35.8 Å². The molecule has 1 aromatic heterocycles. The van der Waals surface area contributed by atoms with Crippen LogP contribution < -0.4 is 5.73 Å². The normalized spacial score (nSPS) is 20.4. The Bertz CT molecular complexity index is 627. The van der Waals surface area contributed by atoms with Gasteiger partial charge in [0.05, 0.1) is 6.10 Å². The number of hydrogen-bond donors (Lipinski definition) is 2. The molecule has 1 aromatic carbocycles. The van der Waals surface area contributed by atoms with Crippen LogP contribution in [0.25, 0.3) is 10.9 Å². The van der Waals surface area contributed by atoms with Gasteiger partial charge in [-0.1, -0.05) is 17.3 Å². The molecule has 3 N–H and O–H groups in total. The highest BCUT2D eigenvalue weighted by Gasteiger charge is 2.16. The number of fused-ring (bicyclic) bond motifs is 1. The second kappa shape index (κ2) is 5.54. The zero-order chi connectivity index (χ0) is 13.9. The Balaban J connectivity index is 1.93. The van der Waals surface area contributed by atoms with Gasteiger partial charge in [-0.05, 0) is 31.4 Å². The molecule has 0 amide bonds. The number of amidine groups is 1. The van der Waals surface area contributed by atoms with Crippen LogP contribution >= 0.6 is 0 Å². The van der Waals surface area contributed by atoms with Gasteiger partial charge in [-0.2, -0.15) is 0 Å². The van der Waals surface area contributed by atoms with Gasteiger partial charge in [-0.3, -0.25) is 0 Å². The third-order valence-electron chi connectivity index (χ3n) is 3.87. The first-order valence-corrected chi connectivity index (χ1v) is 6.97. The number of benzene rings is 1. The molecule has 1 fully saturated rings. The molecular formula is C15H19N3O2. The van der Waals surface area contributed by atoms with E-state index in [4.69, 9.17) is 15.7 Å². The fraction of sp³-hybridized carbons (Fsp3) is 0.400. The molecule has 2 aromatic rings. The summed E-state index contributed by atoms with van der Waals surface area (Å²) < 4.78 is 7.97. The van der Waals surface area contributed by atoms with E-state index in [1.54, 1.807) is 0 Å². The number of ether oxygens (including phenoxy) is 1. The summed E-state index contributed by atoms with van der Waals surface area (Å²) in [6, 6.07) is 7.84. The minimum Gasteiger partial charge on any atom is -0.409 e. The van der Waals surface area contributed by atoms with Gasteiger partial charge in [0.1, 0.15) is 0 Å². The second-order valence-corrected chi connectivity index (χ2v) is 5.18. The quantitative estimate of drug-likeness (QED) is 0.390. The lowest BCUT2D eigenvalue weighted by molar-refractivity contribution is 0.00670. The summed E-state index contributed by atoms with van der Waals surface area (Å²) in [4.78, 5) is 0. The maximum Gasteiger partial charge on any atom is 0.170 e. The minimum atomic E-state index is 0.141. The summed E-state index contributed by atoms with van der Waals surface area (Å²) in [5.74, 6) is 0.141. The summed E-state index contributed by atoms with van der Waals surface area (Å²) in [5.41, 5.74) is 7.56. The summed E-state index contributed by atoms with van der Waals surface area (Å²) in [7, 11) is 0. The Hall–Kier alpha value is -2.01. The SMILES string of the molecule is N/C(=N/O)c1cccc2c1ccn2CC1CCCCO1. The lowest BCUT2D eigenvalue weighted by Gasteiger charge is -2.23. The third kappa shape index (κ3) is 2.36. The predicted molar refractivity (Wildman–Crippen MR) is 78.0 cm³/mol. The van der Waals surface area contributed by atoms with Crippen LogP contribution in [0.4, 0.5) is 0 Å². The first-order valence-electron chi connectivity index (χ1n) is 6.97. The average Bonchev–Trinajstić information content (AvgIpc) is 2.91. The number of nitrogens with zero attached hydrogens (tertiary/aromatic N) is 2. The highest BCUT2D eigenvalue weighted by atomic mass is 16.5. The van der Waals surface area contributed by atoms with Gasteiger partial charge in [0.2, 0.25) is 0 Å². The third-order valence-corrected chi connectivity index (χ3v) is 3.87. The van der Waals surface area contributed by atoms with Crippen molar-refractivity contribution in [3.8, 4) is 0 Å². The summed E-state index contributed by atoms with van der Waals surface area (Å²) in [6.45, 7) is 1.71. The maximum atomic E-state index is 8.85. The van der Waals surface area contributed by atoms with Crippen molar-refractivity contribution < 1.29 is 9.94 Å². The Kier molecular flexibility index (Phi) is 3.60. The van der Waals surface area contributed by atoms with Crippen molar-refractivity contribution in [3.05, 3.63) is 36.0 Å². The van der Waals surface area contributed by atoms with Crippen LogP contribution in [0.1, 0.15) is 24.8 Å². The Morgan fingerprint density at radius 1 is 1.40 bits per heavy atom. The van der Waals surface area contributed by atoms with E-state index < -0.39 is 0 Å². The van der Waals surface area contributed by atoms with Crippen LogP contribution in [0.3, 0.4) is 0 Å². The highest BCUT2D eigenvalue weighted by Crippen LogP contribution is 2.22. The summed E-state index contributed by atoms with van der Waals surface area (Å²) >= 11 is 0. The Morgan fingerprint density at radius 2 is 2.30 bits per heavy atom. The number of oxime groups is 1. The molecule has 106 valence electrons. The molecule has 0 aliphatic carbocycles. The number of nitrogens with two attached hydrogens (primary N) is 1. The zero-order valence-electron chi connectivity index (χ0n) is 11.3. The van der Waals surface area contributed by atoms with Crippen molar-refractivity contribution in [2.45, 2.75) is 31.9 Å². The van der Waals surface area contributed by atoms with E-state index in [2.05, 4.69) is 9.72 Å². The first kappa shape index (κ1) is 13.0. The fourth-order valence-electron chi connectivity index (χ4n) is 2.83. The van der Waals surface area contributed by atoms with Gasteiger partial charge < -0.3 is 20.2 Å². The van der Waals surface area contributed by atoms with Gasteiger partial charge >= 0.3 is 0 Å². The molecule has 0 bridgehead atoms. The molecule has 0 radical (unpaired) electrons. The van der Waals surface area contributed by atoms with Crippen molar-refractivity contribution >= 4 is 16.7 Å². The van der Waals surface area contributed by atoms with Crippen LogP contribution in [0, 0.1) is 0 Å². The fourth-order valence-corrected chi connectivity index (χ4v) is 2.83. The van der Waals surface area contributed by atoms with E-state index in [-0.39, 0.29) is 11.9 Å². The van der Waals surface area contributed by atoms with Crippen molar-refractivity contribution in [2.75, 3.05) is 6.61 Å². The van der Waals surface area contributed by atoms with Crippen LogP contribution in [0.2, 0.25) is 0 Å². The zero-order valence-corrected chi connectivity index (χ0v) is 11.3. The molecule has 1 saturated heterocycles. The predicted octanol–water partition coefficient (Wildman–Crippen LogP) is 2.30. The lowest BCUT2D eigenvalue weighted by atomic mass is 10.1. The van der Waals surface area contributed by atoms with E-state index in [0.717, 1.165) is 42.5 Å². The average molecular weight is 273 g/mol. The van der Waals surface area contributed by atoms with E-state index >= 15 is 0 Å². The molecule has 0 spiro atoms. The van der Waals surface area contributed by atoms with Crippen molar-refractivity contribution in [3.63, 3.8) is 0 Å². The van der Waals surface area contributed by atoms with Crippen LogP contribution in [0.15, 0.2) is 35.6 Å². The number of rotatable bonds is 3. The summed E-state index contributed by atoms with van der Waals surface area (Å²) in [6.07, 6.45) is 5.83. The molecule has 1 aliphatic heterocycles. The molecule has 5 heteroatoms. The maximum absolute atomic E-state index is 8.85. The topological polar surface area (TPSA) is 72.8 Å². The molecule has 3 rings (SSSR count). The first-order chi connectivity index (χ1) is 9.79. The minimum absolute atomic E-state index is 0.141. The van der Waals surface area contributed by atoms with Crippen molar-refractivity contribution in [1.29, 1.82) is 0 Å². The monoisotopic (exact) mass is 273 g/mol. The van der Waals surface area contributed by atoms with Crippen molar-refractivity contribution in [1.82, 2.24) is 4.57 Å². The Labute approximate surface area is 117 Å². The molecule has 1 aliphatic rings. The van der Waals surface area contributed by atoms with Gasteiger partial charge in [0.15, 0.2) is 5.84 Å². The molecule has 20 heavy (non-hydrogen) atoms. The van der Waals surface area contributed by atoms with E-state index in [1.165, 1.54) is 6.42 Å². The van der Waals surface area contributed by atoms with Crippen LogP contribution in [-0.4, -0.2) is 28.3 Å². The summed E-state index contributed by atoms with van der Waals surface area (Å²) in [5, 5.41) is 12.9. The molecule has 1 atom stereocenters. The van der Waals surface area contributed by atoms with Crippen molar-refractivity contribution in [2.24, 2.45) is 10.9 Å². The van der Waals surface area contributed by atoms with E-state index in [0.29, 0.717) is 0 Å². The standard InChI is InChI=1S/C15H19N3O2/c16-15(17-19)13-5-3-6-14-12(13)7-8-18(14)10-11-4-1-2-9-20-11/h3,5-8,11,19H,1-2,4,9-10H2,(H2,16,17). The largest absolute Gasteiger partial charge is 0.409 e. The van der Waals surface area contributed by atoms with E-state index in [9.17, 15) is 0 Å². The number of aromatic nitrogens is 1. The molecule has 2 heterocycles. The number of hydrogen-bond acceptors (Lipinski definition) is 3. The van der Waals surface area contributed by atoms with Crippen LogP contribution in [-0.2, 0) is 11.3 Å². The smallest absolute Gasteiger partial charge is 0.170 e. The van der Waals surface area contributed by atoms with Gasteiger partial charge in [-0.15, -0.1) is 0 Å². The molecule has 5 nitrogen and oxygen atoms in total. The van der Waals surface area contributed by atoms with Gasteiger partial charge in [-0.25, -0.2) is 0 Å². The lowest BCUT2D eigenvalue weighted by Crippen LogP contribution is -2.24. The molecule has 0 saturated carbocycles.